The number of nitrogen functional groups attached to an aromatic ring is 1. The van der Waals surface area contributed by atoms with Crippen LogP contribution in [0.5, 0.6) is 0 Å². The molecule has 1 aliphatic rings. The van der Waals surface area contributed by atoms with Crippen molar-refractivity contribution >= 4 is 34.8 Å². The summed E-state index contributed by atoms with van der Waals surface area (Å²) >= 11 is 1.41. The second kappa shape index (κ2) is 12.0. The number of nitrogens with zero attached hydrogens (tertiary/aromatic N) is 2. The highest BCUT2D eigenvalue weighted by atomic mass is 32.1. The fraction of sp³-hybridized carbons (Fsp3) is 0.429. The van der Waals surface area contributed by atoms with Gasteiger partial charge in [-0.15, -0.1) is 11.3 Å². The van der Waals surface area contributed by atoms with Gasteiger partial charge in [0.25, 0.3) is 12.4 Å². The summed E-state index contributed by atoms with van der Waals surface area (Å²) in [6.07, 6.45) is 0.764. The molecule has 1 aromatic carbocycles. The van der Waals surface area contributed by atoms with Crippen molar-refractivity contribution in [2.45, 2.75) is 44.9 Å². The van der Waals surface area contributed by atoms with Crippen molar-refractivity contribution in [1.29, 1.82) is 0 Å². The molecule has 10 heteroatoms. The fourth-order valence-electron chi connectivity index (χ4n) is 3.46. The van der Waals surface area contributed by atoms with Crippen LogP contribution >= 0.6 is 11.3 Å². The van der Waals surface area contributed by atoms with Crippen molar-refractivity contribution in [3.63, 3.8) is 0 Å². The molecular weight excluding hydrogens is 420 g/mol. The lowest BCUT2D eigenvalue weighted by Gasteiger charge is -2.42. The maximum absolute atomic E-state index is 12.9. The highest BCUT2D eigenvalue weighted by Crippen LogP contribution is 2.32. The third-order valence-corrected chi connectivity index (χ3v) is 5.42. The lowest BCUT2D eigenvalue weighted by Crippen LogP contribution is -2.56. The molecule has 2 aromatic rings. The third kappa shape index (κ3) is 6.76. The van der Waals surface area contributed by atoms with Crippen molar-refractivity contribution in [2.75, 3.05) is 18.9 Å². The number of carboxylic acid groups (broad SMARTS) is 1. The Labute approximate surface area is 185 Å². The molecule has 31 heavy (non-hydrogen) atoms. The monoisotopic (exact) mass is 448 g/mol. The molecule has 3 rings (SSSR count). The zero-order valence-corrected chi connectivity index (χ0v) is 18.4. The molecule has 168 valence electrons. The standard InChI is InChI=1S/C20H26N4O3S.CH2O2/c1-13(2)24-16(25)11-27-18(17(24)14-7-4-3-5-8-14)19(26)22-10-6-9-15-12-28-20(21)23-15;2-1-3/h3-5,7-8,12-13,17-18H,6,9-11H2,1-2H3,(H2,21,23)(H,22,26);1H,(H,2,3)/t17-,18+;/m1./s1. The number of hydrogen-bond acceptors (Lipinski definition) is 7. The molecule has 2 heterocycles. The van der Waals surface area contributed by atoms with Crippen molar-refractivity contribution < 1.29 is 24.2 Å². The Morgan fingerprint density at radius 2 is 2.10 bits per heavy atom. The van der Waals surface area contributed by atoms with Gasteiger partial charge in [-0.25, -0.2) is 4.98 Å². The Hall–Kier alpha value is -2.98. The van der Waals surface area contributed by atoms with E-state index in [1.807, 2.05) is 49.6 Å². The molecule has 9 nitrogen and oxygen atoms in total. The Bertz CT molecular complexity index is 858. The summed E-state index contributed by atoms with van der Waals surface area (Å²) in [4.78, 5) is 39.7. The second-order valence-corrected chi connectivity index (χ2v) is 8.05. The number of benzene rings is 1. The number of carbonyl (C=O) groups excluding carboxylic acids is 2. The van der Waals surface area contributed by atoms with Crippen LogP contribution in [0.4, 0.5) is 5.13 Å². The first-order chi connectivity index (χ1) is 14.9. The van der Waals surface area contributed by atoms with E-state index < -0.39 is 12.1 Å². The summed E-state index contributed by atoms with van der Waals surface area (Å²) in [5.41, 5.74) is 7.46. The van der Waals surface area contributed by atoms with E-state index >= 15 is 0 Å². The van der Waals surface area contributed by atoms with Crippen LogP contribution in [0.15, 0.2) is 35.7 Å². The Morgan fingerprint density at radius 1 is 1.42 bits per heavy atom. The van der Waals surface area contributed by atoms with E-state index in [1.165, 1.54) is 11.3 Å². The number of ether oxygens (including phenoxy) is 1. The third-order valence-electron chi connectivity index (χ3n) is 4.70. The van der Waals surface area contributed by atoms with Gasteiger partial charge in [0.2, 0.25) is 5.91 Å². The Morgan fingerprint density at radius 3 is 2.68 bits per heavy atom. The first-order valence-electron chi connectivity index (χ1n) is 9.92. The van der Waals surface area contributed by atoms with Crippen molar-refractivity contribution in [3.05, 3.63) is 47.0 Å². The lowest BCUT2D eigenvalue weighted by molar-refractivity contribution is -0.167. The molecular formula is C21H28N4O5S. The summed E-state index contributed by atoms with van der Waals surface area (Å²) in [6.45, 7) is 4.08. The first kappa shape index (κ1) is 24.3. The van der Waals surface area contributed by atoms with Gasteiger partial charge >= 0.3 is 0 Å². The molecule has 0 saturated carbocycles. The lowest BCUT2D eigenvalue weighted by atomic mass is 9.95. The summed E-state index contributed by atoms with van der Waals surface area (Å²) in [5.74, 6) is -0.307. The van der Waals surface area contributed by atoms with Crippen LogP contribution in [0.3, 0.4) is 0 Å². The number of rotatable bonds is 7. The van der Waals surface area contributed by atoms with Gasteiger partial charge < -0.3 is 25.8 Å². The maximum atomic E-state index is 12.9. The van der Waals surface area contributed by atoms with E-state index in [-0.39, 0.29) is 30.9 Å². The number of morpholine rings is 1. The molecule has 2 amide bonds. The van der Waals surface area contributed by atoms with E-state index in [1.54, 1.807) is 4.90 Å². The zero-order chi connectivity index (χ0) is 22.8. The van der Waals surface area contributed by atoms with Gasteiger partial charge in [0, 0.05) is 18.0 Å². The average molecular weight is 449 g/mol. The number of aromatic nitrogens is 1. The number of amides is 2. The highest BCUT2D eigenvalue weighted by Gasteiger charge is 2.42. The van der Waals surface area contributed by atoms with Crippen LogP contribution in [-0.2, 0) is 25.5 Å². The minimum atomic E-state index is -0.739. The number of hydrogen-bond donors (Lipinski definition) is 3. The van der Waals surface area contributed by atoms with Gasteiger partial charge in [-0.1, -0.05) is 30.3 Å². The van der Waals surface area contributed by atoms with Crippen LogP contribution in [0.2, 0.25) is 0 Å². The van der Waals surface area contributed by atoms with Crippen LogP contribution in [0, 0.1) is 0 Å². The number of nitrogens with one attached hydrogen (secondary N) is 1. The van der Waals surface area contributed by atoms with E-state index in [9.17, 15) is 9.59 Å². The number of thiazole rings is 1. The maximum Gasteiger partial charge on any atom is 0.290 e. The molecule has 1 saturated heterocycles. The van der Waals surface area contributed by atoms with Gasteiger partial charge in [-0.3, -0.25) is 14.4 Å². The van der Waals surface area contributed by atoms with Crippen molar-refractivity contribution in [2.24, 2.45) is 0 Å². The molecule has 0 unspecified atom stereocenters. The van der Waals surface area contributed by atoms with Gasteiger partial charge in [-0.2, -0.15) is 0 Å². The van der Waals surface area contributed by atoms with Crippen LogP contribution in [0.25, 0.3) is 0 Å². The summed E-state index contributed by atoms with van der Waals surface area (Å²) in [5, 5.41) is 12.3. The topological polar surface area (TPSA) is 135 Å². The molecule has 1 aromatic heterocycles. The van der Waals surface area contributed by atoms with Crippen molar-refractivity contribution in [1.82, 2.24) is 15.2 Å². The predicted molar refractivity (Wildman–Crippen MR) is 117 cm³/mol. The highest BCUT2D eigenvalue weighted by molar-refractivity contribution is 7.13. The quantitative estimate of drug-likeness (QED) is 0.434. The number of carbonyl (C=O) groups is 3. The minimum Gasteiger partial charge on any atom is -0.483 e. The first-order valence-corrected chi connectivity index (χ1v) is 10.8. The van der Waals surface area contributed by atoms with Gasteiger partial charge in [0.1, 0.15) is 6.61 Å². The number of nitrogens with two attached hydrogens (primary N) is 1. The van der Waals surface area contributed by atoms with E-state index in [4.69, 9.17) is 20.4 Å². The summed E-state index contributed by atoms with van der Waals surface area (Å²) < 4.78 is 5.69. The van der Waals surface area contributed by atoms with Crippen LogP contribution < -0.4 is 11.1 Å². The smallest absolute Gasteiger partial charge is 0.290 e. The fourth-order valence-corrected chi connectivity index (χ4v) is 4.06. The molecule has 2 atom stereocenters. The van der Waals surface area contributed by atoms with E-state index in [2.05, 4.69) is 10.3 Å². The number of anilines is 1. The Kier molecular flexibility index (Phi) is 9.41. The van der Waals surface area contributed by atoms with Gasteiger partial charge in [-0.05, 0) is 32.3 Å². The number of aryl methyl sites for hydroxylation is 1. The summed E-state index contributed by atoms with van der Waals surface area (Å²) in [7, 11) is 0. The summed E-state index contributed by atoms with van der Waals surface area (Å²) in [6, 6.07) is 9.09. The zero-order valence-electron chi connectivity index (χ0n) is 17.6. The SMILES string of the molecule is CC(C)N1C(=O)CO[C@H](C(=O)NCCCc2csc(N)n2)[C@H]1c1ccccc1.O=CO. The normalized spacial score (nSPS) is 18.3. The molecule has 0 bridgehead atoms. The molecule has 4 N–H and O–H groups in total. The van der Waals surface area contributed by atoms with Crippen LogP contribution in [-0.4, -0.2) is 58.6 Å². The van der Waals surface area contributed by atoms with Gasteiger partial charge in [0.05, 0.1) is 11.7 Å². The predicted octanol–water partition coefficient (Wildman–Crippen LogP) is 1.85. The largest absolute Gasteiger partial charge is 0.483 e. The molecule has 0 aliphatic carbocycles. The average Bonchev–Trinajstić information content (AvgIpc) is 3.16. The van der Waals surface area contributed by atoms with Crippen molar-refractivity contribution in [3.8, 4) is 0 Å². The van der Waals surface area contributed by atoms with Gasteiger partial charge in [0.15, 0.2) is 11.2 Å². The minimum absolute atomic E-state index is 0.0352. The second-order valence-electron chi connectivity index (χ2n) is 7.16. The molecule has 0 radical (unpaired) electrons. The van der Waals surface area contributed by atoms with E-state index in [0.717, 1.165) is 24.1 Å². The molecule has 1 aliphatic heterocycles. The molecule has 0 spiro atoms. The molecule has 1 fully saturated rings. The Balaban J connectivity index is 0.00000107. The van der Waals surface area contributed by atoms with E-state index in [0.29, 0.717) is 11.7 Å². The van der Waals surface area contributed by atoms with Crippen LogP contribution in [0.1, 0.15) is 37.6 Å².